The highest BCUT2D eigenvalue weighted by Crippen LogP contribution is 2.38. The number of amides is 2. The van der Waals surface area contributed by atoms with Crippen LogP contribution in [0.1, 0.15) is 38.8 Å². The predicted octanol–water partition coefficient (Wildman–Crippen LogP) is 5.24. The van der Waals surface area contributed by atoms with Crippen LogP contribution in [-0.2, 0) is 15.7 Å². The van der Waals surface area contributed by atoms with E-state index in [1.165, 1.54) is 28.4 Å². The minimum atomic E-state index is -4.52. The molecule has 0 fully saturated rings. The van der Waals surface area contributed by atoms with Crippen molar-refractivity contribution in [2.24, 2.45) is 5.10 Å². The number of hydrogen-bond donors (Lipinski definition) is 0. The second kappa shape index (κ2) is 11.8. The maximum absolute atomic E-state index is 13.6. The number of alkyl halides is 3. The van der Waals surface area contributed by atoms with E-state index in [4.69, 9.17) is 9.47 Å². The Kier molecular flexibility index (Phi) is 8.48. The van der Waals surface area contributed by atoms with Crippen molar-refractivity contribution in [3.63, 3.8) is 0 Å². The highest BCUT2D eigenvalue weighted by molar-refractivity contribution is 7.12. The van der Waals surface area contributed by atoms with Gasteiger partial charge in [0.15, 0.2) is 0 Å². The molecular formula is C27H26F3N3O4S. The second-order valence-electron chi connectivity index (χ2n) is 8.52. The van der Waals surface area contributed by atoms with E-state index in [1.807, 2.05) is 35.7 Å². The normalized spacial score (nSPS) is 15.3. The van der Waals surface area contributed by atoms with Crippen LogP contribution in [0.3, 0.4) is 0 Å². The van der Waals surface area contributed by atoms with Crippen molar-refractivity contribution in [3.05, 3.63) is 87.6 Å². The molecule has 0 aliphatic carbocycles. The average molecular weight is 546 g/mol. The molecule has 1 aromatic heterocycles. The summed E-state index contributed by atoms with van der Waals surface area (Å²) in [6.45, 7) is -0.133. The predicted molar refractivity (Wildman–Crippen MR) is 137 cm³/mol. The van der Waals surface area contributed by atoms with Crippen molar-refractivity contribution in [1.82, 2.24) is 9.91 Å². The summed E-state index contributed by atoms with van der Waals surface area (Å²) < 4.78 is 49.6. The molecule has 1 aliphatic heterocycles. The Hall–Kier alpha value is -3.70. The topological polar surface area (TPSA) is 71.4 Å². The van der Waals surface area contributed by atoms with E-state index in [0.717, 1.165) is 40.4 Å². The molecule has 200 valence electrons. The molecule has 0 N–H and O–H groups in total. The first-order valence-corrected chi connectivity index (χ1v) is 12.6. The van der Waals surface area contributed by atoms with Gasteiger partial charge in [-0.15, -0.1) is 11.3 Å². The van der Waals surface area contributed by atoms with Gasteiger partial charge in [-0.3, -0.25) is 9.59 Å². The van der Waals surface area contributed by atoms with Gasteiger partial charge in [-0.2, -0.15) is 18.3 Å². The molecule has 0 saturated heterocycles. The van der Waals surface area contributed by atoms with Crippen LogP contribution < -0.4 is 4.74 Å². The molecule has 3 aromatic rings. The van der Waals surface area contributed by atoms with E-state index in [0.29, 0.717) is 12.2 Å². The zero-order valence-corrected chi connectivity index (χ0v) is 21.6. The summed E-state index contributed by atoms with van der Waals surface area (Å²) in [6.07, 6.45) is -4.06. The third kappa shape index (κ3) is 6.05. The molecule has 1 aliphatic rings. The first kappa shape index (κ1) is 27.3. The van der Waals surface area contributed by atoms with Crippen LogP contribution >= 0.6 is 11.3 Å². The number of nitrogens with zero attached hydrogens (tertiary/aromatic N) is 3. The third-order valence-electron chi connectivity index (χ3n) is 6.11. The Morgan fingerprint density at radius 2 is 1.82 bits per heavy atom. The van der Waals surface area contributed by atoms with Crippen LogP contribution in [0, 0.1) is 0 Å². The molecule has 2 heterocycles. The summed E-state index contributed by atoms with van der Waals surface area (Å²) in [7, 11) is 3.01. The highest BCUT2D eigenvalue weighted by Gasteiger charge is 2.36. The molecule has 0 saturated carbocycles. The van der Waals surface area contributed by atoms with Gasteiger partial charge in [0.1, 0.15) is 12.3 Å². The summed E-state index contributed by atoms with van der Waals surface area (Å²) in [5.74, 6) is -0.418. The molecule has 2 aromatic carbocycles. The quantitative estimate of drug-likeness (QED) is 0.369. The minimum absolute atomic E-state index is 0.0346. The van der Waals surface area contributed by atoms with Crippen LogP contribution in [-0.4, -0.2) is 61.4 Å². The fourth-order valence-corrected chi connectivity index (χ4v) is 4.91. The Labute approximate surface area is 222 Å². The molecule has 0 bridgehead atoms. The van der Waals surface area contributed by atoms with Gasteiger partial charge < -0.3 is 14.4 Å². The van der Waals surface area contributed by atoms with Crippen LogP contribution in [0.2, 0.25) is 0 Å². The van der Waals surface area contributed by atoms with Crippen molar-refractivity contribution in [2.75, 3.05) is 33.9 Å². The van der Waals surface area contributed by atoms with Crippen molar-refractivity contribution in [2.45, 2.75) is 18.6 Å². The average Bonchev–Trinajstić information content (AvgIpc) is 3.60. The van der Waals surface area contributed by atoms with Gasteiger partial charge in [0.2, 0.25) is 0 Å². The lowest BCUT2D eigenvalue weighted by Gasteiger charge is -2.27. The van der Waals surface area contributed by atoms with E-state index in [9.17, 15) is 22.8 Å². The fourth-order valence-electron chi connectivity index (χ4n) is 4.19. The number of rotatable bonds is 9. The number of benzene rings is 2. The van der Waals surface area contributed by atoms with Gasteiger partial charge in [0.05, 0.1) is 35.9 Å². The minimum Gasteiger partial charge on any atom is -0.496 e. The zero-order valence-electron chi connectivity index (χ0n) is 20.8. The van der Waals surface area contributed by atoms with Gasteiger partial charge >= 0.3 is 6.18 Å². The number of carbonyl (C=O) groups excluding carboxylic acids is 2. The van der Waals surface area contributed by atoms with Crippen molar-refractivity contribution in [3.8, 4) is 5.75 Å². The van der Waals surface area contributed by atoms with Crippen LogP contribution in [0.25, 0.3) is 0 Å². The van der Waals surface area contributed by atoms with Crippen LogP contribution in [0.5, 0.6) is 5.75 Å². The number of hydrazone groups is 1. The molecule has 2 amide bonds. The van der Waals surface area contributed by atoms with E-state index >= 15 is 0 Å². The summed E-state index contributed by atoms with van der Waals surface area (Å²) in [5.41, 5.74) is 0.686. The van der Waals surface area contributed by atoms with E-state index in [2.05, 4.69) is 5.10 Å². The Morgan fingerprint density at radius 3 is 2.45 bits per heavy atom. The Bertz CT molecular complexity index is 1290. The Balaban J connectivity index is 1.61. The Morgan fingerprint density at radius 1 is 1.08 bits per heavy atom. The lowest BCUT2D eigenvalue weighted by molar-refractivity contribution is -0.137. The summed E-state index contributed by atoms with van der Waals surface area (Å²) in [5, 5.41) is 7.92. The third-order valence-corrected chi connectivity index (χ3v) is 7.03. The van der Waals surface area contributed by atoms with E-state index in [-0.39, 0.29) is 25.3 Å². The molecule has 1 atom stereocenters. The number of halogens is 3. The first-order valence-electron chi connectivity index (χ1n) is 11.7. The van der Waals surface area contributed by atoms with Gasteiger partial charge in [-0.25, -0.2) is 5.01 Å². The van der Waals surface area contributed by atoms with Crippen molar-refractivity contribution in [1.29, 1.82) is 0 Å². The maximum atomic E-state index is 13.6. The second-order valence-corrected chi connectivity index (χ2v) is 9.47. The van der Waals surface area contributed by atoms with Crippen molar-refractivity contribution < 1.29 is 32.2 Å². The number of thiophene rings is 1. The lowest BCUT2D eigenvalue weighted by Crippen LogP contribution is -2.42. The van der Waals surface area contributed by atoms with Crippen LogP contribution in [0.15, 0.2) is 71.1 Å². The van der Waals surface area contributed by atoms with Gasteiger partial charge in [0, 0.05) is 31.2 Å². The smallest absolute Gasteiger partial charge is 0.416 e. The number of hydrogen-bond acceptors (Lipinski definition) is 6. The van der Waals surface area contributed by atoms with Crippen molar-refractivity contribution >= 4 is 28.9 Å². The number of ether oxygens (including phenoxy) is 2. The fraction of sp³-hybridized carbons (Fsp3) is 0.296. The molecule has 0 spiro atoms. The molecule has 0 radical (unpaired) electrons. The van der Waals surface area contributed by atoms with Gasteiger partial charge in [0.25, 0.3) is 11.8 Å². The SMILES string of the molecule is COCCN(CC(=O)N1N=C(c2cccs2)C[C@@H]1c1ccccc1OC)C(=O)c1ccc(C(F)(F)F)cc1. The molecule has 0 unspecified atom stereocenters. The molecule has 7 nitrogen and oxygen atoms in total. The summed E-state index contributed by atoms with van der Waals surface area (Å²) in [4.78, 5) is 29.1. The largest absolute Gasteiger partial charge is 0.496 e. The lowest BCUT2D eigenvalue weighted by atomic mass is 10.00. The van der Waals surface area contributed by atoms with E-state index in [1.54, 1.807) is 13.2 Å². The monoisotopic (exact) mass is 545 g/mol. The number of para-hydroxylation sites is 1. The van der Waals surface area contributed by atoms with E-state index < -0.39 is 29.6 Å². The summed E-state index contributed by atoms with van der Waals surface area (Å²) in [6, 6.07) is 14.6. The number of carbonyl (C=O) groups is 2. The highest BCUT2D eigenvalue weighted by atomic mass is 32.1. The molecular weight excluding hydrogens is 519 g/mol. The molecule has 38 heavy (non-hydrogen) atoms. The van der Waals surface area contributed by atoms with Gasteiger partial charge in [-0.1, -0.05) is 24.3 Å². The molecule has 11 heteroatoms. The summed E-state index contributed by atoms with van der Waals surface area (Å²) >= 11 is 1.51. The van der Waals surface area contributed by atoms with Crippen LogP contribution in [0.4, 0.5) is 13.2 Å². The standard InChI is InChI=1S/C27H26F3N3O4S/c1-36-14-13-32(26(35)18-9-11-19(12-10-18)27(28,29)30)17-25(34)33-22(20-6-3-4-7-23(20)37-2)16-21(31-33)24-8-5-15-38-24/h3-12,15,22H,13-14,16-17H2,1-2H3/t22-/m1/s1. The maximum Gasteiger partial charge on any atom is 0.416 e. The zero-order chi connectivity index (χ0) is 27.3. The number of methoxy groups -OCH3 is 2. The first-order chi connectivity index (χ1) is 18.2. The van der Waals surface area contributed by atoms with Gasteiger partial charge in [-0.05, 0) is 41.8 Å². The molecule has 4 rings (SSSR count).